The van der Waals surface area contributed by atoms with Crippen LogP contribution in [0.3, 0.4) is 0 Å². The van der Waals surface area contributed by atoms with Gasteiger partial charge in [-0.05, 0) is 17.9 Å². The van der Waals surface area contributed by atoms with Crippen molar-refractivity contribution in [1.29, 1.82) is 0 Å². The van der Waals surface area contributed by atoms with Crippen molar-refractivity contribution < 1.29 is 4.74 Å². The number of hydrogen-bond acceptors (Lipinski definition) is 2. The highest BCUT2D eigenvalue weighted by Gasteiger charge is 2.15. The van der Waals surface area contributed by atoms with Crippen LogP contribution >= 0.6 is 0 Å². The van der Waals surface area contributed by atoms with Gasteiger partial charge in [-0.15, -0.1) is 0 Å². The standard InChI is InChI=1S/C13H19NO/c1-3-10(2)12-6-4-5-11-9-14-7-8-15-13(11)12/h4-6,10,14H,3,7-9H2,1-2H3. The van der Waals surface area contributed by atoms with E-state index in [-0.39, 0.29) is 0 Å². The van der Waals surface area contributed by atoms with Crippen molar-refractivity contribution in [3.63, 3.8) is 0 Å². The Kier molecular flexibility index (Phi) is 3.27. The third-order valence-corrected chi connectivity index (χ3v) is 3.11. The first-order valence-electron chi connectivity index (χ1n) is 5.78. The SMILES string of the molecule is CCC(C)c1cccc2c1OCCNC2. The number of hydrogen-bond donors (Lipinski definition) is 1. The summed E-state index contributed by atoms with van der Waals surface area (Å²) in [6.45, 7) is 7.13. The zero-order chi connectivity index (χ0) is 10.7. The molecule has 82 valence electrons. The van der Waals surface area contributed by atoms with Crippen molar-refractivity contribution >= 4 is 0 Å². The molecule has 15 heavy (non-hydrogen) atoms. The van der Waals surface area contributed by atoms with Gasteiger partial charge in [-0.2, -0.15) is 0 Å². The van der Waals surface area contributed by atoms with E-state index in [9.17, 15) is 0 Å². The number of para-hydroxylation sites is 1. The average Bonchev–Trinajstić information content (AvgIpc) is 2.52. The van der Waals surface area contributed by atoms with E-state index in [2.05, 4.69) is 37.4 Å². The molecule has 0 aliphatic carbocycles. The Morgan fingerprint density at radius 2 is 2.33 bits per heavy atom. The maximum absolute atomic E-state index is 5.84. The van der Waals surface area contributed by atoms with E-state index >= 15 is 0 Å². The molecule has 1 aromatic rings. The first-order valence-corrected chi connectivity index (χ1v) is 5.78. The van der Waals surface area contributed by atoms with Crippen LogP contribution in [0.2, 0.25) is 0 Å². The molecule has 0 saturated heterocycles. The molecule has 2 rings (SSSR count). The maximum Gasteiger partial charge on any atom is 0.127 e. The second-order valence-corrected chi connectivity index (χ2v) is 4.17. The summed E-state index contributed by atoms with van der Waals surface area (Å²) in [7, 11) is 0. The summed E-state index contributed by atoms with van der Waals surface area (Å²) in [4.78, 5) is 0. The van der Waals surface area contributed by atoms with Crippen molar-refractivity contribution in [3.8, 4) is 5.75 Å². The van der Waals surface area contributed by atoms with E-state index in [1.807, 2.05) is 0 Å². The number of nitrogens with one attached hydrogen (secondary N) is 1. The average molecular weight is 205 g/mol. The van der Waals surface area contributed by atoms with E-state index in [0.717, 1.165) is 31.9 Å². The van der Waals surface area contributed by atoms with Gasteiger partial charge >= 0.3 is 0 Å². The van der Waals surface area contributed by atoms with Gasteiger partial charge in [0, 0.05) is 18.7 Å². The summed E-state index contributed by atoms with van der Waals surface area (Å²) < 4.78 is 5.84. The summed E-state index contributed by atoms with van der Waals surface area (Å²) in [5.41, 5.74) is 2.66. The molecule has 1 aliphatic heterocycles. The second kappa shape index (κ2) is 4.67. The van der Waals surface area contributed by atoms with Crippen LogP contribution in [-0.2, 0) is 6.54 Å². The molecule has 1 heterocycles. The predicted octanol–water partition coefficient (Wildman–Crippen LogP) is 2.68. The van der Waals surface area contributed by atoms with Crippen LogP contribution in [0.25, 0.3) is 0 Å². The van der Waals surface area contributed by atoms with E-state index < -0.39 is 0 Å². The number of fused-ring (bicyclic) bond motifs is 1. The molecule has 0 amide bonds. The molecule has 1 unspecified atom stereocenters. The third-order valence-electron chi connectivity index (χ3n) is 3.11. The molecule has 0 saturated carbocycles. The van der Waals surface area contributed by atoms with Gasteiger partial charge in [0.2, 0.25) is 0 Å². The van der Waals surface area contributed by atoms with Crippen molar-refractivity contribution in [2.45, 2.75) is 32.7 Å². The molecule has 1 aromatic carbocycles. The summed E-state index contributed by atoms with van der Waals surface area (Å²) in [5, 5.41) is 3.36. The minimum Gasteiger partial charge on any atom is -0.492 e. The topological polar surface area (TPSA) is 21.3 Å². The van der Waals surface area contributed by atoms with Crippen LogP contribution in [0.1, 0.15) is 37.3 Å². The van der Waals surface area contributed by atoms with Gasteiger partial charge in [0.25, 0.3) is 0 Å². The maximum atomic E-state index is 5.84. The summed E-state index contributed by atoms with van der Waals surface area (Å²) in [6, 6.07) is 6.48. The zero-order valence-corrected chi connectivity index (χ0v) is 9.55. The number of ether oxygens (including phenoxy) is 1. The summed E-state index contributed by atoms with van der Waals surface area (Å²) >= 11 is 0. The Morgan fingerprint density at radius 3 is 3.13 bits per heavy atom. The fourth-order valence-electron chi connectivity index (χ4n) is 1.98. The van der Waals surface area contributed by atoms with Gasteiger partial charge in [0.05, 0.1) is 0 Å². The Labute approximate surface area is 91.6 Å². The largest absolute Gasteiger partial charge is 0.492 e. The molecule has 0 spiro atoms. The molecule has 0 fully saturated rings. The zero-order valence-electron chi connectivity index (χ0n) is 9.55. The van der Waals surface area contributed by atoms with Crippen molar-refractivity contribution in [2.24, 2.45) is 0 Å². The normalized spacial score (nSPS) is 17.5. The van der Waals surface area contributed by atoms with Crippen LogP contribution in [0.5, 0.6) is 5.75 Å². The number of benzene rings is 1. The molecular formula is C13H19NO. The van der Waals surface area contributed by atoms with Crippen LogP contribution < -0.4 is 10.1 Å². The fourth-order valence-corrected chi connectivity index (χ4v) is 1.98. The molecule has 1 N–H and O–H groups in total. The molecule has 0 aromatic heterocycles. The van der Waals surface area contributed by atoms with Gasteiger partial charge in [-0.1, -0.05) is 32.0 Å². The Hall–Kier alpha value is -1.02. The van der Waals surface area contributed by atoms with Gasteiger partial charge in [-0.3, -0.25) is 0 Å². The van der Waals surface area contributed by atoms with Gasteiger partial charge < -0.3 is 10.1 Å². The molecule has 2 heteroatoms. The second-order valence-electron chi connectivity index (χ2n) is 4.17. The molecular weight excluding hydrogens is 186 g/mol. The fraction of sp³-hybridized carbons (Fsp3) is 0.538. The van der Waals surface area contributed by atoms with Crippen molar-refractivity contribution in [1.82, 2.24) is 5.32 Å². The first kappa shape index (κ1) is 10.5. The minimum atomic E-state index is 0.582. The van der Waals surface area contributed by atoms with E-state index in [4.69, 9.17) is 4.74 Å². The Morgan fingerprint density at radius 1 is 1.47 bits per heavy atom. The van der Waals surface area contributed by atoms with E-state index in [0.29, 0.717) is 5.92 Å². The molecule has 1 aliphatic rings. The van der Waals surface area contributed by atoms with Gasteiger partial charge in [0.15, 0.2) is 0 Å². The molecule has 1 atom stereocenters. The lowest BCUT2D eigenvalue weighted by atomic mass is 9.95. The van der Waals surface area contributed by atoms with Gasteiger partial charge in [-0.25, -0.2) is 0 Å². The highest BCUT2D eigenvalue weighted by atomic mass is 16.5. The highest BCUT2D eigenvalue weighted by Crippen LogP contribution is 2.32. The van der Waals surface area contributed by atoms with Crippen molar-refractivity contribution in [3.05, 3.63) is 29.3 Å². The summed E-state index contributed by atoms with van der Waals surface area (Å²) in [5.74, 6) is 1.70. The van der Waals surface area contributed by atoms with Crippen LogP contribution in [0, 0.1) is 0 Å². The van der Waals surface area contributed by atoms with Crippen molar-refractivity contribution in [2.75, 3.05) is 13.2 Å². The predicted molar refractivity (Wildman–Crippen MR) is 62.3 cm³/mol. The van der Waals surface area contributed by atoms with E-state index in [1.54, 1.807) is 0 Å². The summed E-state index contributed by atoms with van der Waals surface area (Å²) in [6.07, 6.45) is 1.16. The Bertz CT molecular complexity index is 335. The van der Waals surface area contributed by atoms with E-state index in [1.165, 1.54) is 11.1 Å². The Balaban J connectivity index is 2.38. The lowest BCUT2D eigenvalue weighted by Crippen LogP contribution is -2.16. The van der Waals surface area contributed by atoms with Crippen LogP contribution in [-0.4, -0.2) is 13.2 Å². The smallest absolute Gasteiger partial charge is 0.127 e. The molecule has 0 bridgehead atoms. The lowest BCUT2D eigenvalue weighted by molar-refractivity contribution is 0.320. The molecule has 2 nitrogen and oxygen atoms in total. The first-order chi connectivity index (χ1) is 7.33. The lowest BCUT2D eigenvalue weighted by Gasteiger charge is -2.16. The van der Waals surface area contributed by atoms with Gasteiger partial charge in [0.1, 0.15) is 12.4 Å². The monoisotopic (exact) mass is 205 g/mol. The minimum absolute atomic E-state index is 0.582. The van der Waals surface area contributed by atoms with Crippen LogP contribution in [0.4, 0.5) is 0 Å². The third kappa shape index (κ3) is 2.15. The number of rotatable bonds is 2. The highest BCUT2D eigenvalue weighted by molar-refractivity contribution is 5.43. The molecule has 0 radical (unpaired) electrons. The quantitative estimate of drug-likeness (QED) is 0.801. The van der Waals surface area contributed by atoms with Crippen LogP contribution in [0.15, 0.2) is 18.2 Å².